The summed E-state index contributed by atoms with van der Waals surface area (Å²) >= 11 is 0. The predicted molar refractivity (Wildman–Crippen MR) is 131 cm³/mol. The summed E-state index contributed by atoms with van der Waals surface area (Å²) in [6, 6.07) is 16.5. The highest BCUT2D eigenvalue weighted by atomic mass is 16.6. The molecule has 37 heavy (non-hydrogen) atoms. The number of aromatic nitrogens is 2. The number of rotatable bonds is 5. The predicted octanol–water partition coefficient (Wildman–Crippen LogP) is 2.39. The van der Waals surface area contributed by atoms with E-state index in [1.165, 1.54) is 39.5 Å². The van der Waals surface area contributed by atoms with E-state index in [9.17, 15) is 24.0 Å². The molecular weight excluding hydrogens is 480 g/mol. The SMILES string of the molecule is COC(=O)C1(C(=O)OC)CC[C@@H](n2cc(C)c(=O)n(C(=O)c3ccccc3)c2=O)O[C@H]1c1ccccc1. The smallest absolute Gasteiger partial charge is 0.340 e. The zero-order valence-corrected chi connectivity index (χ0v) is 20.6. The van der Waals surface area contributed by atoms with Gasteiger partial charge in [-0.25, -0.2) is 4.79 Å². The molecule has 10 heteroatoms. The third-order valence-corrected chi connectivity index (χ3v) is 6.55. The Bertz CT molecular complexity index is 1430. The maximum Gasteiger partial charge on any atom is 0.340 e. The van der Waals surface area contributed by atoms with Crippen molar-refractivity contribution >= 4 is 17.8 Å². The quantitative estimate of drug-likeness (QED) is 0.382. The molecule has 1 aliphatic rings. The molecule has 1 saturated heterocycles. The molecule has 1 fully saturated rings. The fraction of sp³-hybridized carbons (Fsp3) is 0.296. The summed E-state index contributed by atoms with van der Waals surface area (Å²) in [7, 11) is 2.33. The minimum atomic E-state index is -1.83. The first kappa shape index (κ1) is 25.8. The van der Waals surface area contributed by atoms with Gasteiger partial charge in [-0.2, -0.15) is 4.57 Å². The fourth-order valence-electron chi connectivity index (χ4n) is 4.68. The second-order valence-electron chi connectivity index (χ2n) is 8.69. The summed E-state index contributed by atoms with van der Waals surface area (Å²) in [5.41, 5.74) is -2.67. The van der Waals surface area contributed by atoms with Crippen molar-refractivity contribution < 1.29 is 28.6 Å². The summed E-state index contributed by atoms with van der Waals surface area (Å²) in [6.45, 7) is 1.48. The van der Waals surface area contributed by atoms with Crippen molar-refractivity contribution in [3.8, 4) is 0 Å². The van der Waals surface area contributed by atoms with Crippen molar-refractivity contribution in [2.24, 2.45) is 5.41 Å². The summed E-state index contributed by atoms with van der Waals surface area (Å²) in [4.78, 5) is 65.5. The second-order valence-corrected chi connectivity index (χ2v) is 8.69. The molecule has 0 radical (unpaired) electrons. The number of ether oxygens (including phenoxy) is 3. The lowest BCUT2D eigenvalue weighted by Gasteiger charge is -2.42. The Kier molecular flexibility index (Phi) is 7.21. The highest BCUT2D eigenvalue weighted by molar-refractivity contribution is 6.01. The summed E-state index contributed by atoms with van der Waals surface area (Å²) in [5, 5.41) is 0. The molecule has 1 aliphatic heterocycles. The molecule has 0 amide bonds. The number of carbonyl (C=O) groups excluding carboxylic acids is 3. The van der Waals surface area contributed by atoms with Gasteiger partial charge in [0.2, 0.25) is 0 Å². The van der Waals surface area contributed by atoms with Crippen molar-refractivity contribution in [1.82, 2.24) is 9.13 Å². The highest BCUT2D eigenvalue weighted by Crippen LogP contribution is 2.50. The molecule has 0 saturated carbocycles. The average Bonchev–Trinajstić information content (AvgIpc) is 2.94. The van der Waals surface area contributed by atoms with E-state index in [1.807, 2.05) is 0 Å². The van der Waals surface area contributed by atoms with Crippen LogP contribution in [0.25, 0.3) is 0 Å². The van der Waals surface area contributed by atoms with E-state index in [1.54, 1.807) is 48.5 Å². The molecular formula is C27H26N2O8. The molecule has 0 aliphatic carbocycles. The van der Waals surface area contributed by atoms with E-state index >= 15 is 0 Å². The molecule has 0 bridgehead atoms. The van der Waals surface area contributed by atoms with Gasteiger partial charge in [-0.1, -0.05) is 48.5 Å². The monoisotopic (exact) mass is 506 g/mol. The van der Waals surface area contributed by atoms with Crippen molar-refractivity contribution in [3.05, 3.63) is 104 Å². The largest absolute Gasteiger partial charge is 0.468 e. The van der Waals surface area contributed by atoms with Crippen molar-refractivity contribution in [3.63, 3.8) is 0 Å². The lowest BCUT2D eigenvalue weighted by molar-refractivity contribution is -0.207. The maximum absolute atomic E-state index is 13.5. The zero-order valence-electron chi connectivity index (χ0n) is 20.6. The van der Waals surface area contributed by atoms with Crippen LogP contribution in [0.2, 0.25) is 0 Å². The third-order valence-electron chi connectivity index (χ3n) is 6.55. The van der Waals surface area contributed by atoms with Crippen LogP contribution >= 0.6 is 0 Å². The Morgan fingerprint density at radius 3 is 2.05 bits per heavy atom. The molecule has 0 N–H and O–H groups in total. The number of carbonyl (C=O) groups is 3. The van der Waals surface area contributed by atoms with E-state index in [-0.39, 0.29) is 24.0 Å². The Labute approximate surface area is 212 Å². The topological polar surface area (TPSA) is 123 Å². The van der Waals surface area contributed by atoms with Crippen molar-refractivity contribution in [2.75, 3.05) is 14.2 Å². The standard InChI is InChI=1S/C27H26N2O8/c1-17-16-28(26(34)29(22(17)30)23(31)19-12-8-5-9-13-19)20-14-15-27(24(32)35-2,25(33)36-3)21(37-20)18-10-6-4-7-11-18/h4-13,16,20-21H,14-15H2,1-3H3/t20-,21-/m0/s1. The first-order valence-corrected chi connectivity index (χ1v) is 11.6. The number of hydrogen-bond donors (Lipinski definition) is 0. The molecule has 2 heterocycles. The molecule has 2 atom stereocenters. The molecule has 2 aromatic carbocycles. The number of methoxy groups -OCH3 is 2. The number of aryl methyl sites for hydroxylation is 1. The lowest BCUT2D eigenvalue weighted by atomic mass is 9.73. The normalized spacial score (nSPS) is 18.6. The molecule has 3 aromatic rings. The zero-order chi connectivity index (χ0) is 26.7. The van der Waals surface area contributed by atoms with E-state index in [2.05, 4.69) is 0 Å². The van der Waals surface area contributed by atoms with Gasteiger partial charge in [0.25, 0.3) is 11.5 Å². The van der Waals surface area contributed by atoms with Gasteiger partial charge in [-0.05, 0) is 37.5 Å². The van der Waals surface area contributed by atoms with Gasteiger partial charge in [0.05, 0.1) is 14.2 Å². The van der Waals surface area contributed by atoms with Crippen LogP contribution < -0.4 is 11.2 Å². The Morgan fingerprint density at radius 2 is 1.49 bits per heavy atom. The van der Waals surface area contributed by atoms with E-state index in [0.29, 0.717) is 10.1 Å². The van der Waals surface area contributed by atoms with Gasteiger partial charge in [0.1, 0.15) is 12.3 Å². The summed E-state index contributed by atoms with van der Waals surface area (Å²) in [5.74, 6) is -2.44. The minimum absolute atomic E-state index is 0.0185. The van der Waals surface area contributed by atoms with E-state index in [0.717, 1.165) is 4.57 Å². The van der Waals surface area contributed by atoms with Crippen molar-refractivity contribution in [2.45, 2.75) is 32.1 Å². The molecule has 0 unspecified atom stereocenters. The van der Waals surface area contributed by atoms with Crippen LogP contribution in [0.5, 0.6) is 0 Å². The minimum Gasteiger partial charge on any atom is -0.468 e. The van der Waals surface area contributed by atoms with Crippen LogP contribution in [0, 0.1) is 12.3 Å². The molecule has 0 spiro atoms. The molecule has 192 valence electrons. The second kappa shape index (κ2) is 10.4. The summed E-state index contributed by atoms with van der Waals surface area (Å²) in [6.07, 6.45) is -0.924. The number of esters is 2. The van der Waals surface area contributed by atoms with Gasteiger partial charge < -0.3 is 14.2 Å². The van der Waals surface area contributed by atoms with Crippen LogP contribution in [0.1, 0.15) is 46.7 Å². The average molecular weight is 507 g/mol. The van der Waals surface area contributed by atoms with Crippen LogP contribution in [-0.2, 0) is 23.8 Å². The molecule has 4 rings (SSSR count). The Morgan fingerprint density at radius 1 is 0.919 bits per heavy atom. The molecule has 1 aromatic heterocycles. The fourth-order valence-corrected chi connectivity index (χ4v) is 4.68. The van der Waals surface area contributed by atoms with Crippen LogP contribution in [0.4, 0.5) is 0 Å². The third kappa shape index (κ3) is 4.40. The highest BCUT2D eigenvalue weighted by Gasteiger charge is 2.59. The first-order chi connectivity index (χ1) is 17.8. The van der Waals surface area contributed by atoms with Crippen molar-refractivity contribution in [1.29, 1.82) is 0 Å². The van der Waals surface area contributed by atoms with Crippen LogP contribution in [-0.4, -0.2) is 41.2 Å². The first-order valence-electron chi connectivity index (χ1n) is 11.6. The van der Waals surface area contributed by atoms with Gasteiger partial charge in [0, 0.05) is 17.3 Å². The Hall–Kier alpha value is -4.31. The van der Waals surface area contributed by atoms with E-state index in [4.69, 9.17) is 14.2 Å². The van der Waals surface area contributed by atoms with Gasteiger partial charge in [-0.3, -0.25) is 23.7 Å². The van der Waals surface area contributed by atoms with Crippen LogP contribution in [0.3, 0.4) is 0 Å². The van der Waals surface area contributed by atoms with E-state index < -0.39 is 46.8 Å². The number of hydrogen-bond acceptors (Lipinski definition) is 8. The number of nitrogens with zero attached hydrogens (tertiary/aromatic N) is 2. The van der Waals surface area contributed by atoms with Crippen LogP contribution in [0.15, 0.2) is 76.4 Å². The van der Waals surface area contributed by atoms with Gasteiger partial charge in [-0.15, -0.1) is 0 Å². The molecule has 10 nitrogen and oxygen atoms in total. The van der Waals surface area contributed by atoms with Gasteiger partial charge >= 0.3 is 17.6 Å². The maximum atomic E-state index is 13.5. The number of benzene rings is 2. The lowest BCUT2D eigenvalue weighted by Crippen LogP contribution is -2.52. The van der Waals surface area contributed by atoms with Gasteiger partial charge in [0.15, 0.2) is 5.41 Å². The summed E-state index contributed by atoms with van der Waals surface area (Å²) < 4.78 is 18.0. The Balaban J connectivity index is 1.84.